The van der Waals surface area contributed by atoms with Crippen molar-refractivity contribution in [3.8, 4) is 0 Å². The van der Waals surface area contributed by atoms with Gasteiger partial charge in [-0.2, -0.15) is 0 Å². The number of anilines is 1. The molecular weight excluding hydrogens is 292 g/mol. The Balaban J connectivity index is 1.83. The lowest BCUT2D eigenvalue weighted by molar-refractivity contribution is -0.126. The summed E-state index contributed by atoms with van der Waals surface area (Å²) in [5.74, 6) is 0.325. The van der Waals surface area contributed by atoms with Gasteiger partial charge in [0.2, 0.25) is 5.91 Å². The molecule has 0 aliphatic carbocycles. The molecule has 2 saturated heterocycles. The van der Waals surface area contributed by atoms with Gasteiger partial charge in [0.1, 0.15) is 0 Å². The number of nitrogens with one attached hydrogen (secondary N) is 1. The summed E-state index contributed by atoms with van der Waals surface area (Å²) in [5.41, 5.74) is 0.941. The van der Waals surface area contributed by atoms with E-state index in [4.69, 9.17) is 0 Å². The number of piperidine rings is 1. The van der Waals surface area contributed by atoms with Gasteiger partial charge >= 0.3 is 0 Å². The van der Waals surface area contributed by atoms with E-state index in [9.17, 15) is 4.79 Å². The fourth-order valence-electron chi connectivity index (χ4n) is 3.06. The quantitative estimate of drug-likeness (QED) is 0.865. The van der Waals surface area contributed by atoms with Crippen LogP contribution < -0.4 is 10.2 Å². The van der Waals surface area contributed by atoms with Crippen LogP contribution in [-0.4, -0.2) is 25.5 Å². The van der Waals surface area contributed by atoms with Gasteiger partial charge in [-0.1, -0.05) is 15.9 Å². The number of benzene rings is 1. The summed E-state index contributed by atoms with van der Waals surface area (Å²) in [4.78, 5) is 14.6. The highest BCUT2D eigenvalue weighted by Crippen LogP contribution is 2.41. The Morgan fingerprint density at radius 3 is 2.44 bits per heavy atom. The molecule has 3 rings (SSSR count). The minimum atomic E-state index is -0.0850. The van der Waals surface area contributed by atoms with E-state index in [1.807, 2.05) is 29.2 Å². The minimum Gasteiger partial charge on any atom is -0.317 e. The van der Waals surface area contributed by atoms with Crippen LogP contribution in [0, 0.1) is 5.41 Å². The predicted molar refractivity (Wildman–Crippen MR) is 75.6 cm³/mol. The van der Waals surface area contributed by atoms with Gasteiger partial charge in [-0.25, -0.2) is 0 Å². The fraction of sp³-hybridized carbons (Fsp3) is 0.500. The molecule has 1 N–H and O–H groups in total. The average Bonchev–Trinajstić information content (AvgIpc) is 2.70. The summed E-state index contributed by atoms with van der Waals surface area (Å²) >= 11 is 3.43. The molecule has 1 aromatic carbocycles. The van der Waals surface area contributed by atoms with Crippen LogP contribution in [0.15, 0.2) is 28.7 Å². The number of hydrogen-bond donors (Lipinski definition) is 1. The maximum atomic E-state index is 12.7. The molecule has 96 valence electrons. The Morgan fingerprint density at radius 1 is 1.11 bits per heavy atom. The zero-order valence-electron chi connectivity index (χ0n) is 10.3. The van der Waals surface area contributed by atoms with Crippen LogP contribution in [-0.2, 0) is 4.79 Å². The highest BCUT2D eigenvalue weighted by Gasteiger charge is 2.47. The number of rotatable bonds is 1. The molecule has 0 unspecified atom stereocenters. The van der Waals surface area contributed by atoms with E-state index in [1.165, 1.54) is 0 Å². The zero-order chi connectivity index (χ0) is 12.6. The first-order valence-electron chi connectivity index (χ1n) is 6.50. The molecule has 2 heterocycles. The van der Waals surface area contributed by atoms with Crippen molar-refractivity contribution < 1.29 is 4.79 Å². The standard InChI is InChI=1S/C14H17BrN2O/c15-11-1-3-12(4-2-11)17-10-7-14(13(17)18)5-8-16-9-6-14/h1-4,16H,5-10H2. The second-order valence-electron chi connectivity index (χ2n) is 5.21. The van der Waals surface area contributed by atoms with Crippen LogP contribution in [0.3, 0.4) is 0 Å². The Labute approximate surface area is 116 Å². The molecule has 18 heavy (non-hydrogen) atoms. The lowest BCUT2D eigenvalue weighted by atomic mass is 9.78. The van der Waals surface area contributed by atoms with Crippen molar-refractivity contribution >= 4 is 27.5 Å². The maximum absolute atomic E-state index is 12.7. The summed E-state index contributed by atoms with van der Waals surface area (Å²) in [7, 11) is 0. The van der Waals surface area contributed by atoms with Gasteiger partial charge in [0, 0.05) is 16.7 Å². The normalized spacial score (nSPS) is 22.7. The first-order valence-corrected chi connectivity index (χ1v) is 7.29. The van der Waals surface area contributed by atoms with Crippen LogP contribution in [0.5, 0.6) is 0 Å². The molecule has 1 amide bonds. The number of hydrogen-bond acceptors (Lipinski definition) is 2. The van der Waals surface area contributed by atoms with E-state index >= 15 is 0 Å². The zero-order valence-corrected chi connectivity index (χ0v) is 11.9. The second-order valence-corrected chi connectivity index (χ2v) is 6.13. The summed E-state index contributed by atoms with van der Waals surface area (Å²) in [6, 6.07) is 8.02. The Bertz CT molecular complexity index is 451. The van der Waals surface area contributed by atoms with Gasteiger partial charge in [-0.15, -0.1) is 0 Å². The number of carbonyl (C=O) groups is 1. The largest absolute Gasteiger partial charge is 0.317 e. The van der Waals surface area contributed by atoms with Crippen molar-refractivity contribution in [3.05, 3.63) is 28.7 Å². The number of carbonyl (C=O) groups excluding carboxylic acids is 1. The Morgan fingerprint density at radius 2 is 1.78 bits per heavy atom. The van der Waals surface area contributed by atoms with Crippen LogP contribution in [0.4, 0.5) is 5.69 Å². The number of nitrogens with zero attached hydrogens (tertiary/aromatic N) is 1. The summed E-state index contributed by atoms with van der Waals surface area (Å²) in [5, 5.41) is 3.34. The number of amides is 1. The Hall–Kier alpha value is -0.870. The fourth-order valence-corrected chi connectivity index (χ4v) is 3.32. The average molecular weight is 309 g/mol. The molecule has 1 aromatic rings. The van der Waals surface area contributed by atoms with Crippen molar-refractivity contribution in [3.63, 3.8) is 0 Å². The molecular formula is C14H17BrN2O. The van der Waals surface area contributed by atoms with E-state index in [0.29, 0.717) is 5.91 Å². The van der Waals surface area contributed by atoms with Crippen LogP contribution in [0.1, 0.15) is 19.3 Å². The first kappa shape index (κ1) is 12.2. The van der Waals surface area contributed by atoms with Crippen molar-refractivity contribution in [2.75, 3.05) is 24.5 Å². The van der Waals surface area contributed by atoms with E-state index in [0.717, 1.165) is 49.1 Å². The van der Waals surface area contributed by atoms with E-state index in [2.05, 4.69) is 21.2 Å². The lowest BCUT2D eigenvalue weighted by Gasteiger charge is -2.32. The van der Waals surface area contributed by atoms with Crippen molar-refractivity contribution in [2.45, 2.75) is 19.3 Å². The molecule has 2 aliphatic heterocycles. The molecule has 0 saturated carbocycles. The van der Waals surface area contributed by atoms with Gasteiger partial charge < -0.3 is 10.2 Å². The third-order valence-electron chi connectivity index (χ3n) is 4.21. The van der Waals surface area contributed by atoms with Crippen molar-refractivity contribution in [2.24, 2.45) is 5.41 Å². The lowest BCUT2D eigenvalue weighted by Crippen LogP contribution is -2.42. The topological polar surface area (TPSA) is 32.3 Å². The molecule has 0 atom stereocenters. The predicted octanol–water partition coefficient (Wildman–Crippen LogP) is 2.56. The molecule has 0 aromatic heterocycles. The van der Waals surface area contributed by atoms with Gasteiger partial charge in [-0.3, -0.25) is 4.79 Å². The van der Waals surface area contributed by atoms with Crippen LogP contribution >= 0.6 is 15.9 Å². The number of halogens is 1. The highest BCUT2D eigenvalue weighted by molar-refractivity contribution is 9.10. The SMILES string of the molecule is O=C1N(c2ccc(Br)cc2)CCC12CCNCC2. The minimum absolute atomic E-state index is 0.0850. The van der Waals surface area contributed by atoms with Gasteiger partial charge in [0.15, 0.2) is 0 Å². The monoisotopic (exact) mass is 308 g/mol. The summed E-state index contributed by atoms with van der Waals surface area (Å²) < 4.78 is 1.05. The van der Waals surface area contributed by atoms with E-state index < -0.39 is 0 Å². The molecule has 4 heteroatoms. The molecule has 1 spiro atoms. The van der Waals surface area contributed by atoms with Gasteiger partial charge in [0.05, 0.1) is 5.41 Å². The molecule has 2 fully saturated rings. The maximum Gasteiger partial charge on any atom is 0.233 e. The molecule has 0 bridgehead atoms. The van der Waals surface area contributed by atoms with E-state index in [-0.39, 0.29) is 5.41 Å². The molecule has 0 radical (unpaired) electrons. The van der Waals surface area contributed by atoms with E-state index in [1.54, 1.807) is 0 Å². The van der Waals surface area contributed by atoms with Gasteiger partial charge in [-0.05, 0) is 56.6 Å². The summed E-state index contributed by atoms with van der Waals surface area (Å²) in [6.07, 6.45) is 2.97. The molecule has 2 aliphatic rings. The van der Waals surface area contributed by atoms with Crippen molar-refractivity contribution in [1.82, 2.24) is 5.32 Å². The van der Waals surface area contributed by atoms with Gasteiger partial charge in [0.25, 0.3) is 0 Å². The smallest absolute Gasteiger partial charge is 0.233 e. The first-order chi connectivity index (χ1) is 8.71. The van der Waals surface area contributed by atoms with Crippen LogP contribution in [0.25, 0.3) is 0 Å². The highest BCUT2D eigenvalue weighted by atomic mass is 79.9. The van der Waals surface area contributed by atoms with Crippen molar-refractivity contribution in [1.29, 1.82) is 0 Å². The third-order valence-corrected chi connectivity index (χ3v) is 4.74. The molecule has 3 nitrogen and oxygen atoms in total. The second kappa shape index (κ2) is 4.67. The third kappa shape index (κ3) is 1.97. The Kier molecular flexibility index (Phi) is 3.16. The summed E-state index contributed by atoms with van der Waals surface area (Å²) in [6.45, 7) is 2.81. The van der Waals surface area contributed by atoms with Crippen LogP contribution in [0.2, 0.25) is 0 Å².